The van der Waals surface area contributed by atoms with Crippen LogP contribution in [0.5, 0.6) is 0 Å². The summed E-state index contributed by atoms with van der Waals surface area (Å²) in [5.74, 6) is -1.83. The molecular formula is C19H23F2N3O. The predicted molar refractivity (Wildman–Crippen MR) is 95.8 cm³/mol. The fraction of sp³-hybridized carbons (Fsp3) is 0.316. The summed E-state index contributed by atoms with van der Waals surface area (Å²) in [7, 11) is 3.96. The van der Waals surface area contributed by atoms with E-state index in [1.54, 1.807) is 6.92 Å². The minimum Gasteiger partial charge on any atom is -0.378 e. The van der Waals surface area contributed by atoms with Gasteiger partial charge in [0.25, 0.3) is 0 Å². The minimum atomic E-state index is -0.923. The summed E-state index contributed by atoms with van der Waals surface area (Å²) in [6.07, 6.45) is 0.709. The van der Waals surface area contributed by atoms with Gasteiger partial charge >= 0.3 is 6.03 Å². The topological polar surface area (TPSA) is 44.4 Å². The molecule has 1 unspecified atom stereocenters. The third-order valence-electron chi connectivity index (χ3n) is 3.94. The highest BCUT2D eigenvalue weighted by Crippen LogP contribution is 2.16. The van der Waals surface area contributed by atoms with E-state index in [1.165, 1.54) is 6.07 Å². The maximum absolute atomic E-state index is 13.2. The molecule has 0 saturated carbocycles. The summed E-state index contributed by atoms with van der Waals surface area (Å²) in [6.45, 7) is 2.20. The molecule has 2 aromatic rings. The van der Waals surface area contributed by atoms with Gasteiger partial charge in [-0.05, 0) is 48.7 Å². The first-order chi connectivity index (χ1) is 11.9. The first-order valence-electron chi connectivity index (χ1n) is 8.12. The van der Waals surface area contributed by atoms with Crippen LogP contribution in [0.4, 0.5) is 19.3 Å². The third-order valence-corrected chi connectivity index (χ3v) is 3.94. The lowest BCUT2D eigenvalue weighted by Crippen LogP contribution is -2.38. The summed E-state index contributed by atoms with van der Waals surface area (Å²) in [5.41, 5.74) is 2.75. The number of hydrogen-bond donors (Lipinski definition) is 2. The fourth-order valence-electron chi connectivity index (χ4n) is 2.39. The van der Waals surface area contributed by atoms with Crippen molar-refractivity contribution < 1.29 is 13.6 Å². The Labute approximate surface area is 146 Å². The number of amides is 2. The van der Waals surface area contributed by atoms with Crippen LogP contribution in [0.15, 0.2) is 42.5 Å². The highest BCUT2D eigenvalue weighted by Gasteiger charge is 2.11. The van der Waals surface area contributed by atoms with Crippen molar-refractivity contribution in [2.24, 2.45) is 0 Å². The second kappa shape index (κ2) is 8.46. The molecule has 134 valence electrons. The zero-order valence-corrected chi connectivity index (χ0v) is 14.6. The third kappa shape index (κ3) is 5.45. The Bertz CT molecular complexity index is 717. The van der Waals surface area contributed by atoms with E-state index in [0.29, 0.717) is 18.5 Å². The molecule has 2 amide bonds. The van der Waals surface area contributed by atoms with E-state index < -0.39 is 17.7 Å². The Morgan fingerprint density at radius 1 is 1.08 bits per heavy atom. The van der Waals surface area contributed by atoms with Crippen LogP contribution >= 0.6 is 0 Å². The van der Waals surface area contributed by atoms with Crippen LogP contribution in [-0.4, -0.2) is 26.7 Å². The van der Waals surface area contributed by atoms with Crippen molar-refractivity contribution in [1.82, 2.24) is 10.6 Å². The normalized spacial score (nSPS) is 11.7. The number of nitrogens with one attached hydrogen (secondary N) is 2. The van der Waals surface area contributed by atoms with Gasteiger partial charge in [0.1, 0.15) is 0 Å². The molecule has 0 aliphatic carbocycles. The van der Waals surface area contributed by atoms with Gasteiger partial charge in [0.05, 0.1) is 6.04 Å². The molecule has 0 saturated heterocycles. The first kappa shape index (κ1) is 18.7. The molecule has 0 aromatic heterocycles. The number of hydrogen-bond acceptors (Lipinski definition) is 2. The molecule has 0 fully saturated rings. The van der Waals surface area contributed by atoms with Crippen molar-refractivity contribution in [2.75, 3.05) is 25.5 Å². The van der Waals surface area contributed by atoms with Gasteiger partial charge in [-0.2, -0.15) is 0 Å². The van der Waals surface area contributed by atoms with Crippen LogP contribution in [0.25, 0.3) is 0 Å². The lowest BCUT2D eigenvalue weighted by molar-refractivity contribution is 0.238. The Hall–Kier alpha value is -2.63. The van der Waals surface area contributed by atoms with E-state index in [9.17, 15) is 13.6 Å². The van der Waals surface area contributed by atoms with E-state index in [2.05, 4.69) is 10.6 Å². The average Bonchev–Trinajstić information content (AvgIpc) is 2.57. The minimum absolute atomic E-state index is 0.345. The van der Waals surface area contributed by atoms with E-state index >= 15 is 0 Å². The predicted octanol–water partition coefficient (Wildman–Crippen LogP) is 3.63. The standard InChI is InChI=1S/C19H23F2N3O/c1-13(15-6-9-17(20)18(21)12-15)23-19(25)22-11-10-14-4-7-16(8-5-14)24(2)3/h4-9,12-13H,10-11H2,1-3H3,(H2,22,23,25). The molecule has 2 N–H and O–H groups in total. The average molecular weight is 347 g/mol. The zero-order chi connectivity index (χ0) is 18.4. The van der Waals surface area contributed by atoms with Crippen molar-refractivity contribution in [3.8, 4) is 0 Å². The summed E-state index contributed by atoms with van der Waals surface area (Å²) in [6, 6.07) is 10.9. The monoisotopic (exact) mass is 347 g/mol. The Kier molecular flexibility index (Phi) is 6.33. The second-order valence-electron chi connectivity index (χ2n) is 6.11. The van der Waals surface area contributed by atoms with E-state index in [1.807, 2.05) is 43.3 Å². The molecule has 6 heteroatoms. The van der Waals surface area contributed by atoms with Crippen molar-refractivity contribution in [1.29, 1.82) is 0 Å². The molecule has 1 atom stereocenters. The number of carbonyl (C=O) groups is 1. The molecule has 2 rings (SSSR count). The van der Waals surface area contributed by atoms with Gasteiger partial charge in [-0.15, -0.1) is 0 Å². The highest BCUT2D eigenvalue weighted by molar-refractivity contribution is 5.74. The quantitative estimate of drug-likeness (QED) is 0.838. The van der Waals surface area contributed by atoms with Gasteiger partial charge in [0.15, 0.2) is 11.6 Å². The lowest BCUT2D eigenvalue weighted by atomic mass is 10.1. The molecule has 0 spiro atoms. The second-order valence-corrected chi connectivity index (χ2v) is 6.11. The number of anilines is 1. The molecule has 0 aliphatic rings. The molecular weight excluding hydrogens is 324 g/mol. The number of halogens is 2. The zero-order valence-electron chi connectivity index (χ0n) is 14.6. The van der Waals surface area contributed by atoms with Crippen molar-refractivity contribution in [3.05, 3.63) is 65.2 Å². The summed E-state index contributed by atoms with van der Waals surface area (Å²) in [4.78, 5) is 13.9. The Morgan fingerprint density at radius 3 is 2.36 bits per heavy atom. The van der Waals surface area contributed by atoms with Gasteiger partial charge in [-0.1, -0.05) is 18.2 Å². The van der Waals surface area contributed by atoms with Crippen molar-refractivity contribution in [3.63, 3.8) is 0 Å². The molecule has 0 bridgehead atoms. The van der Waals surface area contributed by atoms with Gasteiger partial charge in [-0.25, -0.2) is 13.6 Å². The van der Waals surface area contributed by atoms with E-state index in [0.717, 1.165) is 23.4 Å². The molecule has 0 aliphatic heterocycles. The van der Waals surface area contributed by atoms with Gasteiger partial charge in [0, 0.05) is 26.3 Å². The Morgan fingerprint density at radius 2 is 1.76 bits per heavy atom. The van der Waals surface area contributed by atoms with Gasteiger partial charge < -0.3 is 15.5 Å². The highest BCUT2D eigenvalue weighted by atomic mass is 19.2. The molecule has 25 heavy (non-hydrogen) atoms. The summed E-state index contributed by atoms with van der Waals surface area (Å²) in [5, 5.41) is 5.47. The summed E-state index contributed by atoms with van der Waals surface area (Å²) < 4.78 is 26.2. The van der Waals surface area contributed by atoms with Gasteiger partial charge in [-0.3, -0.25) is 0 Å². The number of urea groups is 1. The van der Waals surface area contributed by atoms with E-state index in [-0.39, 0.29) is 6.03 Å². The Balaban J connectivity index is 1.79. The van der Waals surface area contributed by atoms with Crippen LogP contribution in [0.3, 0.4) is 0 Å². The maximum Gasteiger partial charge on any atom is 0.315 e. The maximum atomic E-state index is 13.2. The lowest BCUT2D eigenvalue weighted by Gasteiger charge is -2.15. The SMILES string of the molecule is CC(NC(=O)NCCc1ccc(N(C)C)cc1)c1ccc(F)c(F)c1. The fourth-order valence-corrected chi connectivity index (χ4v) is 2.39. The van der Waals surface area contributed by atoms with Crippen LogP contribution < -0.4 is 15.5 Å². The van der Waals surface area contributed by atoms with Crippen LogP contribution in [0.1, 0.15) is 24.1 Å². The van der Waals surface area contributed by atoms with Gasteiger partial charge in [0.2, 0.25) is 0 Å². The number of carbonyl (C=O) groups excluding carboxylic acids is 1. The van der Waals surface area contributed by atoms with E-state index in [4.69, 9.17) is 0 Å². The number of benzene rings is 2. The van der Waals surface area contributed by atoms with Crippen LogP contribution in [-0.2, 0) is 6.42 Å². The number of nitrogens with zero attached hydrogens (tertiary/aromatic N) is 1. The van der Waals surface area contributed by atoms with Crippen molar-refractivity contribution >= 4 is 11.7 Å². The summed E-state index contributed by atoms with van der Waals surface area (Å²) >= 11 is 0. The smallest absolute Gasteiger partial charge is 0.315 e. The number of rotatable bonds is 6. The molecule has 0 heterocycles. The van der Waals surface area contributed by atoms with Crippen LogP contribution in [0.2, 0.25) is 0 Å². The molecule has 2 aromatic carbocycles. The van der Waals surface area contributed by atoms with Crippen molar-refractivity contribution in [2.45, 2.75) is 19.4 Å². The van der Waals surface area contributed by atoms with Crippen LogP contribution in [0, 0.1) is 11.6 Å². The first-order valence-corrected chi connectivity index (χ1v) is 8.12. The largest absolute Gasteiger partial charge is 0.378 e. The molecule has 0 radical (unpaired) electrons. The molecule has 4 nitrogen and oxygen atoms in total.